The van der Waals surface area contributed by atoms with Gasteiger partial charge >= 0.3 is 0 Å². The van der Waals surface area contributed by atoms with Crippen LogP contribution in [0, 0.1) is 0 Å². The molecule has 3 aromatic rings. The molecule has 0 N–H and O–H groups in total. The second kappa shape index (κ2) is 6.17. The number of benzene rings is 2. The Morgan fingerprint density at radius 1 is 0.952 bits per heavy atom. The van der Waals surface area contributed by atoms with Crippen LogP contribution in [0.2, 0.25) is 0 Å². The van der Waals surface area contributed by atoms with E-state index >= 15 is 0 Å². The molecule has 0 aliphatic carbocycles. The van der Waals surface area contributed by atoms with Crippen LogP contribution in [0.1, 0.15) is 38.6 Å². The molecule has 1 heterocycles. The van der Waals surface area contributed by atoms with Crippen LogP contribution in [0.5, 0.6) is 0 Å². The molecule has 0 aliphatic heterocycles. The summed E-state index contributed by atoms with van der Waals surface area (Å²) in [6.07, 6.45) is 7.08. The van der Waals surface area contributed by atoms with Crippen LogP contribution in [-0.4, -0.2) is 4.57 Å². The Balaban J connectivity index is 2.16. The summed E-state index contributed by atoms with van der Waals surface area (Å²) in [6, 6.07) is 17.8. The Bertz CT molecular complexity index is 697. The predicted octanol–water partition coefficient (Wildman–Crippen LogP) is 6.10. The molecule has 0 saturated heterocycles. The van der Waals surface area contributed by atoms with E-state index < -0.39 is 0 Å². The van der Waals surface area contributed by atoms with Crippen molar-refractivity contribution < 1.29 is 0 Å². The first-order chi connectivity index (χ1) is 10.4. The third-order valence-corrected chi connectivity index (χ3v) is 4.32. The lowest BCUT2D eigenvalue weighted by Gasteiger charge is -2.17. The number of aromatic nitrogens is 1. The van der Waals surface area contributed by atoms with Gasteiger partial charge in [0.15, 0.2) is 0 Å². The number of unbranched alkanes of at least 4 members (excludes halogenated alkanes) is 2. The summed E-state index contributed by atoms with van der Waals surface area (Å²) in [4.78, 5) is 0. The monoisotopic (exact) mass is 277 g/mol. The highest BCUT2D eigenvalue weighted by atomic mass is 15.0. The third-order valence-electron chi connectivity index (χ3n) is 4.32. The van der Waals surface area contributed by atoms with E-state index in [0.29, 0.717) is 6.04 Å². The molecule has 2 aromatic carbocycles. The number of para-hydroxylation sites is 2. The van der Waals surface area contributed by atoms with Gasteiger partial charge < -0.3 is 4.57 Å². The second-order valence-electron chi connectivity index (χ2n) is 5.70. The average molecular weight is 277 g/mol. The maximum Gasteiger partial charge on any atom is 0.0520 e. The Morgan fingerprint density at radius 2 is 1.52 bits per heavy atom. The molecule has 0 radical (unpaired) electrons. The quantitative estimate of drug-likeness (QED) is 0.379. The van der Waals surface area contributed by atoms with E-state index in [1.165, 1.54) is 47.5 Å². The van der Waals surface area contributed by atoms with Crippen LogP contribution in [-0.2, 0) is 0 Å². The Labute approximate surface area is 126 Å². The largest absolute Gasteiger partial charge is 0.333 e. The number of allylic oxidation sites excluding steroid dienone is 1. The van der Waals surface area contributed by atoms with Crippen LogP contribution in [0.3, 0.4) is 0 Å². The first-order valence-electron chi connectivity index (χ1n) is 7.97. The minimum Gasteiger partial charge on any atom is -0.333 e. The Morgan fingerprint density at radius 3 is 2.05 bits per heavy atom. The van der Waals surface area contributed by atoms with Gasteiger partial charge in [-0.3, -0.25) is 0 Å². The lowest BCUT2D eigenvalue weighted by molar-refractivity contribution is 0.541. The topological polar surface area (TPSA) is 4.93 Å². The van der Waals surface area contributed by atoms with Crippen molar-refractivity contribution in [2.45, 2.75) is 38.6 Å². The van der Waals surface area contributed by atoms with Crippen LogP contribution in [0.25, 0.3) is 21.8 Å². The molecule has 1 nitrogen and oxygen atoms in total. The Kier molecular flexibility index (Phi) is 4.10. The molecule has 1 unspecified atom stereocenters. The van der Waals surface area contributed by atoms with Crippen LogP contribution >= 0.6 is 0 Å². The lowest BCUT2D eigenvalue weighted by Crippen LogP contribution is -2.05. The van der Waals surface area contributed by atoms with Crippen molar-refractivity contribution in [3.05, 3.63) is 61.2 Å². The molecule has 21 heavy (non-hydrogen) atoms. The normalized spacial score (nSPS) is 12.8. The highest BCUT2D eigenvalue weighted by Crippen LogP contribution is 2.33. The molecule has 0 aliphatic rings. The van der Waals surface area contributed by atoms with E-state index in [-0.39, 0.29) is 0 Å². The average Bonchev–Trinajstić information content (AvgIpc) is 2.87. The minimum absolute atomic E-state index is 0.376. The molecule has 0 spiro atoms. The molecule has 1 atom stereocenters. The van der Waals surface area contributed by atoms with Crippen molar-refractivity contribution in [2.24, 2.45) is 0 Å². The van der Waals surface area contributed by atoms with Gasteiger partial charge in [0.2, 0.25) is 0 Å². The first kappa shape index (κ1) is 13.9. The summed E-state index contributed by atoms with van der Waals surface area (Å²) >= 11 is 0. The first-order valence-corrected chi connectivity index (χ1v) is 7.97. The van der Waals surface area contributed by atoms with Gasteiger partial charge in [-0.2, -0.15) is 0 Å². The van der Waals surface area contributed by atoms with E-state index in [1.807, 2.05) is 0 Å². The molecule has 0 fully saturated rings. The van der Waals surface area contributed by atoms with Gasteiger partial charge in [-0.05, 0) is 18.6 Å². The smallest absolute Gasteiger partial charge is 0.0520 e. The zero-order chi connectivity index (χ0) is 14.7. The molecule has 0 bridgehead atoms. The molecule has 0 amide bonds. The summed E-state index contributed by atoms with van der Waals surface area (Å²) in [7, 11) is 0. The maximum absolute atomic E-state index is 4.09. The van der Waals surface area contributed by atoms with Gasteiger partial charge in [0.05, 0.1) is 6.04 Å². The fourth-order valence-electron chi connectivity index (χ4n) is 3.27. The van der Waals surface area contributed by atoms with E-state index in [0.717, 1.165) is 0 Å². The van der Waals surface area contributed by atoms with Crippen molar-refractivity contribution in [1.82, 2.24) is 4.57 Å². The van der Waals surface area contributed by atoms with Gasteiger partial charge in [-0.1, -0.05) is 68.7 Å². The van der Waals surface area contributed by atoms with Gasteiger partial charge in [0.25, 0.3) is 0 Å². The highest BCUT2D eigenvalue weighted by molar-refractivity contribution is 6.08. The van der Waals surface area contributed by atoms with Gasteiger partial charge in [-0.15, -0.1) is 6.58 Å². The summed E-state index contributed by atoms with van der Waals surface area (Å²) in [5.74, 6) is 0. The lowest BCUT2D eigenvalue weighted by atomic mass is 10.1. The van der Waals surface area contributed by atoms with Crippen molar-refractivity contribution >= 4 is 21.8 Å². The van der Waals surface area contributed by atoms with Crippen molar-refractivity contribution in [3.63, 3.8) is 0 Å². The van der Waals surface area contributed by atoms with E-state index in [1.54, 1.807) is 0 Å². The molecular weight excluding hydrogens is 254 g/mol. The fraction of sp³-hybridized carbons (Fsp3) is 0.300. The molecule has 3 rings (SSSR count). The summed E-state index contributed by atoms with van der Waals surface area (Å²) in [5, 5.41) is 2.69. The minimum atomic E-state index is 0.376. The summed E-state index contributed by atoms with van der Waals surface area (Å²) < 4.78 is 2.47. The Hall–Kier alpha value is -2.02. The van der Waals surface area contributed by atoms with Gasteiger partial charge in [-0.25, -0.2) is 0 Å². The highest BCUT2D eigenvalue weighted by Gasteiger charge is 2.15. The molecule has 0 saturated carbocycles. The number of hydrogen-bond acceptors (Lipinski definition) is 0. The van der Waals surface area contributed by atoms with Crippen LogP contribution in [0.15, 0.2) is 61.2 Å². The SMILES string of the molecule is C=CC(CCCCC)n1c2ccccc2c2ccccc21. The summed E-state index contributed by atoms with van der Waals surface area (Å²) in [5.41, 5.74) is 2.64. The number of hydrogen-bond donors (Lipinski definition) is 0. The van der Waals surface area contributed by atoms with Gasteiger partial charge in [0, 0.05) is 21.8 Å². The summed E-state index contributed by atoms with van der Waals surface area (Å²) in [6.45, 7) is 6.34. The predicted molar refractivity (Wildman–Crippen MR) is 92.8 cm³/mol. The van der Waals surface area contributed by atoms with E-state index in [2.05, 4.69) is 72.7 Å². The van der Waals surface area contributed by atoms with Crippen LogP contribution < -0.4 is 0 Å². The molecule has 1 heteroatoms. The number of nitrogens with zero attached hydrogens (tertiary/aromatic N) is 1. The molecule has 108 valence electrons. The van der Waals surface area contributed by atoms with Crippen LogP contribution in [0.4, 0.5) is 0 Å². The fourth-order valence-corrected chi connectivity index (χ4v) is 3.27. The zero-order valence-corrected chi connectivity index (χ0v) is 12.8. The standard InChI is InChI=1S/C20H23N/c1-3-5-6-11-16(4-2)21-19-14-9-7-12-17(19)18-13-8-10-15-20(18)21/h4,7-10,12-16H,2-3,5-6,11H2,1H3. The molecule has 1 aromatic heterocycles. The number of rotatable bonds is 6. The molecular formula is C20H23N. The zero-order valence-electron chi connectivity index (χ0n) is 12.8. The van der Waals surface area contributed by atoms with E-state index in [4.69, 9.17) is 0 Å². The second-order valence-corrected chi connectivity index (χ2v) is 5.70. The number of fused-ring (bicyclic) bond motifs is 3. The van der Waals surface area contributed by atoms with Gasteiger partial charge in [0.1, 0.15) is 0 Å². The van der Waals surface area contributed by atoms with Crippen molar-refractivity contribution in [2.75, 3.05) is 0 Å². The maximum atomic E-state index is 4.09. The van der Waals surface area contributed by atoms with E-state index in [9.17, 15) is 0 Å². The third kappa shape index (κ3) is 2.49. The van der Waals surface area contributed by atoms with Crippen molar-refractivity contribution in [3.8, 4) is 0 Å². The van der Waals surface area contributed by atoms with Crippen molar-refractivity contribution in [1.29, 1.82) is 0 Å².